The summed E-state index contributed by atoms with van der Waals surface area (Å²) in [5, 5.41) is 0.852. The van der Waals surface area contributed by atoms with Crippen molar-refractivity contribution in [3.8, 4) is 0 Å². The molecule has 2 N–H and O–H groups in total. The van der Waals surface area contributed by atoms with E-state index in [-0.39, 0.29) is 48.8 Å². The van der Waals surface area contributed by atoms with E-state index >= 15 is 0 Å². The molecule has 3 aliphatic rings. The number of carbonyl (C=O) groups is 1. The fourth-order valence-electron chi connectivity index (χ4n) is 2.81. The van der Waals surface area contributed by atoms with Crippen molar-refractivity contribution >= 4 is 63.4 Å². The quantitative estimate of drug-likeness (QED) is 0.381. The average Bonchev–Trinajstić information content (AvgIpc) is 3.25. The van der Waals surface area contributed by atoms with Crippen LogP contribution in [-0.2, 0) is 9.53 Å². The number of amidine groups is 1. The Labute approximate surface area is 175 Å². The van der Waals surface area contributed by atoms with Gasteiger partial charge in [0.05, 0.1) is 6.04 Å². The summed E-state index contributed by atoms with van der Waals surface area (Å²) in [4.78, 5) is 17.4. The number of hydrogen-bond donors (Lipinski definition) is 1. The number of anilines is 1. The molecule has 140 valence electrons. The molecular formula is C17H25ClIN3O2S. The molecule has 0 bridgehead atoms. The van der Waals surface area contributed by atoms with E-state index in [1.165, 1.54) is 16.5 Å². The molecule has 0 aromatic heterocycles. The highest BCUT2D eigenvalue weighted by atomic mass is 127. The van der Waals surface area contributed by atoms with Gasteiger partial charge < -0.3 is 15.4 Å². The highest BCUT2D eigenvalue weighted by Crippen LogP contribution is 2.32. The van der Waals surface area contributed by atoms with Crippen molar-refractivity contribution in [2.75, 3.05) is 31.2 Å². The van der Waals surface area contributed by atoms with Gasteiger partial charge in [0.25, 0.3) is 0 Å². The monoisotopic (exact) mass is 497 g/mol. The molecule has 1 aromatic rings. The number of carbonyl (C=O) groups excluding carboxylic acids is 1. The zero-order valence-corrected chi connectivity index (χ0v) is 17.1. The predicted molar refractivity (Wildman–Crippen MR) is 117 cm³/mol. The molecule has 5 nitrogen and oxygen atoms in total. The number of halogens is 2. The molecular weight excluding hydrogens is 473 g/mol. The van der Waals surface area contributed by atoms with Gasteiger partial charge >= 0.3 is 0 Å². The van der Waals surface area contributed by atoms with E-state index in [2.05, 4.69) is 11.0 Å². The molecule has 0 aliphatic carbocycles. The van der Waals surface area contributed by atoms with Crippen LogP contribution < -0.4 is 5.73 Å². The lowest BCUT2D eigenvalue weighted by atomic mass is 10.1. The molecule has 8 heteroatoms. The molecule has 2 fully saturated rings. The highest BCUT2D eigenvalue weighted by molar-refractivity contribution is 14.0. The minimum atomic E-state index is -0.359. The van der Waals surface area contributed by atoms with E-state index in [1.54, 1.807) is 0 Å². The first-order chi connectivity index (χ1) is 11.1. The number of rotatable bonds is 2. The number of thioether (sulfide) groups is 1. The van der Waals surface area contributed by atoms with Crippen LogP contribution in [0.25, 0.3) is 0 Å². The summed E-state index contributed by atoms with van der Waals surface area (Å²) < 4.78 is 4.93. The van der Waals surface area contributed by atoms with Crippen molar-refractivity contribution in [1.82, 2.24) is 4.90 Å². The largest absolute Gasteiger partial charge is 0.399 e. The normalized spacial score (nSPS) is 23.6. The van der Waals surface area contributed by atoms with Gasteiger partial charge in [0.15, 0.2) is 5.17 Å². The minimum absolute atomic E-state index is 0. The Balaban J connectivity index is 0.000000271. The van der Waals surface area contributed by atoms with Gasteiger partial charge in [0, 0.05) is 31.1 Å². The molecule has 2 atom stereocenters. The molecule has 3 aliphatic heterocycles. The first-order valence-electron chi connectivity index (χ1n) is 7.75. The Morgan fingerprint density at radius 1 is 1.44 bits per heavy atom. The molecule has 3 heterocycles. The summed E-state index contributed by atoms with van der Waals surface area (Å²) in [6.45, 7) is 2.84. The molecule has 1 aromatic carbocycles. The molecule has 0 saturated carbocycles. The van der Waals surface area contributed by atoms with Crippen LogP contribution in [0.2, 0.25) is 0 Å². The van der Waals surface area contributed by atoms with Gasteiger partial charge in [0.2, 0.25) is 5.24 Å². The van der Waals surface area contributed by atoms with Gasteiger partial charge in [-0.05, 0) is 42.1 Å². The van der Waals surface area contributed by atoms with Crippen LogP contribution in [0.3, 0.4) is 0 Å². The Morgan fingerprint density at radius 2 is 2.24 bits per heavy atom. The molecule has 25 heavy (non-hydrogen) atoms. The van der Waals surface area contributed by atoms with E-state index in [1.807, 2.05) is 30.0 Å². The van der Waals surface area contributed by atoms with Crippen molar-refractivity contribution in [2.45, 2.75) is 32.4 Å². The Bertz CT molecular complexity index is 611. The lowest BCUT2D eigenvalue weighted by molar-refractivity contribution is -0.119. The Morgan fingerprint density at radius 3 is 2.80 bits per heavy atom. The van der Waals surface area contributed by atoms with E-state index < -0.39 is 0 Å². The molecule has 2 saturated heterocycles. The molecule has 4 rings (SSSR count). The third kappa shape index (κ3) is 6.01. The summed E-state index contributed by atoms with van der Waals surface area (Å²) in [5.74, 6) is 1.18. The molecule has 0 spiro atoms. The van der Waals surface area contributed by atoms with Gasteiger partial charge in [-0.1, -0.05) is 31.3 Å². The van der Waals surface area contributed by atoms with Crippen molar-refractivity contribution in [1.29, 1.82) is 0 Å². The average molecular weight is 498 g/mol. The maximum Gasteiger partial charge on any atom is 0.250 e. The summed E-state index contributed by atoms with van der Waals surface area (Å²) >= 11 is 6.98. The molecule has 0 radical (unpaired) electrons. The Hall–Kier alpha value is -0.510. The minimum Gasteiger partial charge on any atom is -0.399 e. The SMILES string of the molecule is C.I.Nc1cccc(C2CN3CCSC3=N2)c1.O=C(Cl)C1CCCO1. The number of nitrogen functional groups attached to an aromatic ring is 1. The van der Waals surface area contributed by atoms with Crippen molar-refractivity contribution < 1.29 is 9.53 Å². The molecule has 2 unspecified atom stereocenters. The smallest absolute Gasteiger partial charge is 0.250 e. The number of benzene rings is 1. The lowest BCUT2D eigenvalue weighted by Gasteiger charge is -2.12. The zero-order chi connectivity index (χ0) is 16.2. The number of aliphatic imine (C=N–C) groups is 1. The first kappa shape index (κ1) is 22.5. The third-order valence-corrected chi connectivity index (χ3v) is 5.25. The van der Waals surface area contributed by atoms with Crippen LogP contribution in [0.1, 0.15) is 31.9 Å². The van der Waals surface area contributed by atoms with Crippen molar-refractivity contribution in [3.63, 3.8) is 0 Å². The lowest BCUT2D eigenvalue weighted by Crippen LogP contribution is -2.21. The van der Waals surface area contributed by atoms with Gasteiger partial charge in [-0.25, -0.2) is 0 Å². The predicted octanol–water partition coefficient (Wildman–Crippen LogP) is 3.91. The number of ether oxygens (including phenoxy) is 1. The summed E-state index contributed by atoms with van der Waals surface area (Å²) in [6, 6.07) is 8.35. The van der Waals surface area contributed by atoms with Crippen LogP contribution in [-0.4, -0.2) is 46.9 Å². The second-order valence-corrected chi connectivity index (χ2v) is 7.13. The highest BCUT2D eigenvalue weighted by Gasteiger charge is 2.30. The second-order valence-electron chi connectivity index (χ2n) is 5.70. The Kier molecular flexibility index (Phi) is 9.55. The van der Waals surface area contributed by atoms with Crippen molar-refractivity contribution in [3.05, 3.63) is 29.8 Å². The number of nitrogens with zero attached hydrogens (tertiary/aromatic N) is 2. The number of nitrogens with two attached hydrogens (primary N) is 1. The van der Waals surface area contributed by atoms with Crippen LogP contribution in [0.5, 0.6) is 0 Å². The summed E-state index contributed by atoms with van der Waals surface area (Å²) in [7, 11) is 0. The first-order valence-corrected chi connectivity index (χ1v) is 9.12. The molecule has 0 amide bonds. The van der Waals surface area contributed by atoms with E-state index in [0.717, 1.165) is 31.6 Å². The van der Waals surface area contributed by atoms with E-state index in [4.69, 9.17) is 27.1 Å². The number of hydrogen-bond acceptors (Lipinski definition) is 6. The fourth-order valence-corrected chi connectivity index (χ4v) is 4.02. The third-order valence-electron chi connectivity index (χ3n) is 4.00. The summed E-state index contributed by atoms with van der Waals surface area (Å²) in [6.07, 6.45) is 1.45. The van der Waals surface area contributed by atoms with Gasteiger partial charge in [-0.15, -0.1) is 24.0 Å². The van der Waals surface area contributed by atoms with Crippen molar-refractivity contribution in [2.24, 2.45) is 4.99 Å². The van der Waals surface area contributed by atoms with E-state index in [9.17, 15) is 4.79 Å². The van der Waals surface area contributed by atoms with Gasteiger partial charge in [-0.2, -0.15) is 0 Å². The maximum absolute atomic E-state index is 10.3. The van der Waals surface area contributed by atoms with Crippen LogP contribution in [0.15, 0.2) is 29.3 Å². The maximum atomic E-state index is 10.3. The topological polar surface area (TPSA) is 67.9 Å². The fraction of sp³-hybridized carbons (Fsp3) is 0.529. The van der Waals surface area contributed by atoms with Gasteiger partial charge in [-0.3, -0.25) is 9.79 Å². The van der Waals surface area contributed by atoms with Gasteiger partial charge in [0.1, 0.15) is 6.10 Å². The zero-order valence-electron chi connectivity index (χ0n) is 13.2. The van der Waals surface area contributed by atoms with E-state index in [0.29, 0.717) is 6.61 Å². The van der Waals surface area contributed by atoms with Crippen LogP contribution >= 0.6 is 47.3 Å². The van der Waals surface area contributed by atoms with Crippen LogP contribution in [0.4, 0.5) is 5.69 Å². The standard InChI is InChI=1S/C11H13N3S.C5H7ClO2.CH4.HI/c12-9-3-1-2-8(6-9)10-7-14-4-5-15-11(14)13-10;6-5(7)4-2-1-3-8-4;;/h1-3,6,10H,4-5,7,12H2;4H,1-3H2;1H4;1H. The van der Waals surface area contributed by atoms with Crippen LogP contribution in [0, 0.1) is 0 Å². The summed E-state index contributed by atoms with van der Waals surface area (Å²) in [5.41, 5.74) is 7.83. The second kappa shape index (κ2) is 10.6. The number of fused-ring (bicyclic) bond motifs is 1.